The summed E-state index contributed by atoms with van der Waals surface area (Å²) >= 11 is 0. The van der Waals surface area contributed by atoms with Crippen molar-refractivity contribution in [1.82, 2.24) is 4.90 Å². The molecule has 0 N–H and O–H groups in total. The summed E-state index contributed by atoms with van der Waals surface area (Å²) in [6, 6.07) is 18.9. The lowest BCUT2D eigenvalue weighted by molar-refractivity contribution is 0.0964. The van der Waals surface area contributed by atoms with E-state index < -0.39 is 0 Å². The fraction of sp³-hybridized carbons (Fsp3) is 0.350. The first kappa shape index (κ1) is 16.4. The lowest BCUT2D eigenvalue weighted by atomic mass is 10.0. The highest BCUT2D eigenvalue weighted by Gasteiger charge is 2.09. The van der Waals surface area contributed by atoms with E-state index >= 15 is 0 Å². The predicted octanol–water partition coefficient (Wildman–Crippen LogP) is 4.19. The molecular weight excluding hydrogens is 270 g/mol. The Kier molecular flexibility index (Phi) is 5.91. The highest BCUT2D eigenvalue weighted by molar-refractivity contribution is 5.96. The van der Waals surface area contributed by atoms with Crippen molar-refractivity contribution in [3.05, 3.63) is 71.3 Å². The van der Waals surface area contributed by atoms with E-state index in [0.717, 1.165) is 18.5 Å². The molecule has 2 heteroatoms. The summed E-state index contributed by atoms with van der Waals surface area (Å²) in [4.78, 5) is 14.4. The molecule has 0 saturated heterocycles. The highest BCUT2D eigenvalue weighted by atomic mass is 16.1. The number of Topliss-reactive ketones (excluding diaryl/α,β-unsaturated/α-hetero) is 1. The molecule has 2 aromatic rings. The van der Waals surface area contributed by atoms with Gasteiger partial charge < -0.3 is 4.90 Å². The molecule has 0 fully saturated rings. The number of hydrogen-bond acceptors (Lipinski definition) is 2. The summed E-state index contributed by atoms with van der Waals surface area (Å²) in [6.45, 7) is 5.09. The van der Waals surface area contributed by atoms with Gasteiger partial charge in [0.2, 0.25) is 0 Å². The largest absolute Gasteiger partial charge is 0.304 e. The third-order valence-corrected chi connectivity index (χ3v) is 4.10. The van der Waals surface area contributed by atoms with E-state index in [4.69, 9.17) is 0 Å². The lowest BCUT2D eigenvalue weighted by Gasteiger charge is -2.20. The van der Waals surface area contributed by atoms with Gasteiger partial charge in [-0.15, -0.1) is 0 Å². The Morgan fingerprint density at radius 2 is 1.55 bits per heavy atom. The van der Waals surface area contributed by atoms with Crippen LogP contribution in [0.5, 0.6) is 0 Å². The van der Waals surface area contributed by atoms with Gasteiger partial charge in [-0.25, -0.2) is 0 Å². The zero-order valence-corrected chi connectivity index (χ0v) is 13.8. The minimum absolute atomic E-state index is 0.221. The van der Waals surface area contributed by atoms with Crippen molar-refractivity contribution in [3.63, 3.8) is 0 Å². The molecule has 0 spiro atoms. The fourth-order valence-corrected chi connectivity index (χ4v) is 2.32. The molecule has 0 aliphatic carbocycles. The zero-order valence-electron chi connectivity index (χ0n) is 13.8. The predicted molar refractivity (Wildman–Crippen MR) is 92.4 cm³/mol. The van der Waals surface area contributed by atoms with Crippen LogP contribution in [0.2, 0.25) is 0 Å². The molecule has 0 saturated carbocycles. The summed E-state index contributed by atoms with van der Waals surface area (Å²) in [5.41, 5.74) is 3.34. The Balaban J connectivity index is 1.92. The van der Waals surface area contributed by atoms with E-state index in [1.54, 1.807) is 0 Å². The molecule has 2 aromatic carbocycles. The summed E-state index contributed by atoms with van der Waals surface area (Å²) in [5.74, 6) is 0.221. The van der Waals surface area contributed by atoms with E-state index in [1.165, 1.54) is 11.1 Å². The van der Waals surface area contributed by atoms with Gasteiger partial charge in [-0.3, -0.25) is 4.79 Å². The van der Waals surface area contributed by atoms with Gasteiger partial charge >= 0.3 is 0 Å². The fourth-order valence-electron chi connectivity index (χ4n) is 2.32. The Morgan fingerprint density at radius 3 is 2.14 bits per heavy atom. The maximum Gasteiger partial charge on any atom is 0.164 e. The normalized spacial score (nSPS) is 11.1. The van der Waals surface area contributed by atoms with Gasteiger partial charge in [0.1, 0.15) is 0 Å². The molecule has 0 radical (unpaired) electrons. The third-order valence-electron chi connectivity index (χ3n) is 4.10. The van der Waals surface area contributed by atoms with Crippen molar-refractivity contribution in [2.45, 2.75) is 32.7 Å². The maximum absolute atomic E-state index is 12.2. The highest BCUT2D eigenvalue weighted by Crippen LogP contribution is 2.12. The van der Waals surface area contributed by atoms with Crippen LogP contribution < -0.4 is 0 Å². The Bertz CT molecular complexity index is 587. The summed E-state index contributed by atoms with van der Waals surface area (Å²) in [5, 5.41) is 0. The quantitative estimate of drug-likeness (QED) is 0.714. The number of ketones is 1. The molecular formula is C20H25NO. The molecule has 0 amide bonds. The van der Waals surface area contributed by atoms with Crippen LogP contribution in [0.15, 0.2) is 54.6 Å². The molecule has 116 valence electrons. The van der Waals surface area contributed by atoms with Crippen LogP contribution in [-0.2, 0) is 6.42 Å². The molecule has 2 rings (SSSR count). The SMILES string of the molecule is CC(C)N(C)CCC(=O)c1ccc(Cc2ccccc2)cc1. The number of hydrogen-bond donors (Lipinski definition) is 0. The van der Waals surface area contributed by atoms with Crippen LogP contribution in [-0.4, -0.2) is 30.3 Å². The number of nitrogens with zero attached hydrogens (tertiary/aromatic N) is 1. The number of carbonyl (C=O) groups is 1. The van der Waals surface area contributed by atoms with Crippen molar-refractivity contribution in [3.8, 4) is 0 Å². The van der Waals surface area contributed by atoms with E-state index in [2.05, 4.69) is 62.2 Å². The molecule has 22 heavy (non-hydrogen) atoms. The second-order valence-electron chi connectivity index (χ2n) is 6.11. The average molecular weight is 295 g/mol. The Hall–Kier alpha value is -1.93. The molecule has 2 nitrogen and oxygen atoms in total. The van der Waals surface area contributed by atoms with Gasteiger partial charge in [0.05, 0.1) is 0 Å². The summed E-state index contributed by atoms with van der Waals surface area (Å²) in [7, 11) is 2.06. The van der Waals surface area contributed by atoms with E-state index in [0.29, 0.717) is 12.5 Å². The molecule has 0 heterocycles. The van der Waals surface area contributed by atoms with Gasteiger partial charge in [-0.1, -0.05) is 54.6 Å². The van der Waals surface area contributed by atoms with Crippen molar-refractivity contribution >= 4 is 5.78 Å². The molecule has 0 aliphatic rings. The molecule has 0 aliphatic heterocycles. The lowest BCUT2D eigenvalue weighted by Crippen LogP contribution is -2.28. The van der Waals surface area contributed by atoms with Crippen molar-refractivity contribution in [2.75, 3.05) is 13.6 Å². The first-order chi connectivity index (χ1) is 10.6. The Labute approximate surface area is 133 Å². The van der Waals surface area contributed by atoms with Gasteiger partial charge in [0.15, 0.2) is 5.78 Å². The van der Waals surface area contributed by atoms with Crippen LogP contribution >= 0.6 is 0 Å². The number of rotatable bonds is 7. The molecule has 0 bridgehead atoms. The molecule has 0 unspecified atom stereocenters. The topological polar surface area (TPSA) is 20.3 Å². The number of carbonyl (C=O) groups excluding carboxylic acids is 1. The maximum atomic E-state index is 12.2. The minimum atomic E-state index is 0.221. The monoisotopic (exact) mass is 295 g/mol. The standard InChI is InChI=1S/C20H25NO/c1-16(2)21(3)14-13-20(22)19-11-9-18(10-12-19)15-17-7-5-4-6-8-17/h4-12,16H,13-15H2,1-3H3. The van der Waals surface area contributed by atoms with Crippen molar-refractivity contribution < 1.29 is 4.79 Å². The van der Waals surface area contributed by atoms with Crippen LogP contribution in [0.25, 0.3) is 0 Å². The minimum Gasteiger partial charge on any atom is -0.304 e. The van der Waals surface area contributed by atoms with E-state index in [1.807, 2.05) is 18.2 Å². The van der Waals surface area contributed by atoms with Gasteiger partial charge in [-0.05, 0) is 38.4 Å². The zero-order chi connectivity index (χ0) is 15.9. The third kappa shape index (κ3) is 4.81. The van der Waals surface area contributed by atoms with E-state index in [-0.39, 0.29) is 5.78 Å². The van der Waals surface area contributed by atoms with Gasteiger partial charge in [0, 0.05) is 24.6 Å². The second-order valence-corrected chi connectivity index (χ2v) is 6.11. The number of benzene rings is 2. The van der Waals surface area contributed by atoms with Crippen LogP contribution in [0.1, 0.15) is 41.8 Å². The first-order valence-electron chi connectivity index (χ1n) is 7.92. The van der Waals surface area contributed by atoms with Crippen LogP contribution in [0, 0.1) is 0 Å². The van der Waals surface area contributed by atoms with Crippen LogP contribution in [0.3, 0.4) is 0 Å². The van der Waals surface area contributed by atoms with Gasteiger partial charge in [-0.2, -0.15) is 0 Å². The molecule has 0 atom stereocenters. The Morgan fingerprint density at radius 1 is 0.955 bits per heavy atom. The van der Waals surface area contributed by atoms with E-state index in [9.17, 15) is 4.79 Å². The smallest absolute Gasteiger partial charge is 0.164 e. The second kappa shape index (κ2) is 7.90. The summed E-state index contributed by atoms with van der Waals surface area (Å²) < 4.78 is 0. The average Bonchev–Trinajstić information content (AvgIpc) is 2.54. The van der Waals surface area contributed by atoms with Crippen molar-refractivity contribution in [2.24, 2.45) is 0 Å². The summed E-state index contributed by atoms with van der Waals surface area (Å²) in [6.07, 6.45) is 1.48. The van der Waals surface area contributed by atoms with Crippen molar-refractivity contribution in [1.29, 1.82) is 0 Å². The first-order valence-corrected chi connectivity index (χ1v) is 7.92. The van der Waals surface area contributed by atoms with Gasteiger partial charge in [0.25, 0.3) is 0 Å². The molecule has 0 aromatic heterocycles. The van der Waals surface area contributed by atoms with Crippen LogP contribution in [0.4, 0.5) is 0 Å².